The van der Waals surface area contributed by atoms with Gasteiger partial charge in [0.15, 0.2) is 6.10 Å². The first kappa shape index (κ1) is 110. The molecule has 0 amide bonds. The third-order valence-corrected chi connectivity index (χ3v) is 20.8. The van der Waals surface area contributed by atoms with Gasteiger partial charge in [-0.05, 0) is 161 Å². The summed E-state index contributed by atoms with van der Waals surface area (Å²) in [4.78, 5) is 59.0. The van der Waals surface area contributed by atoms with Crippen LogP contribution in [0.5, 0.6) is 0 Å². The Labute approximate surface area is 701 Å². The fourth-order valence-electron chi connectivity index (χ4n) is 12.0. The van der Waals surface area contributed by atoms with Crippen molar-refractivity contribution in [1.29, 1.82) is 0 Å². The fourth-order valence-corrected chi connectivity index (χ4v) is 13.6. The Kier molecular flexibility index (Phi) is 84.3. The first-order valence-electron chi connectivity index (χ1n) is 45.4. The van der Waals surface area contributed by atoms with Crippen molar-refractivity contribution in [2.24, 2.45) is 0 Å². The minimum absolute atomic E-state index is 0.0794. The molecule has 0 aliphatic rings. The Morgan fingerprint density at radius 1 is 0.252 bits per heavy atom. The normalized spacial score (nSPS) is 14.6. The zero-order chi connectivity index (χ0) is 83.6. The van der Waals surface area contributed by atoms with Crippen molar-refractivity contribution in [3.05, 3.63) is 170 Å². The standard InChI is InChI=1S/C97H164O16P2/c1-4-7-10-13-16-19-22-25-28-31-34-37-39-41-43-45-47-49-51-54-56-59-62-65-68-71-74-77-80-83-95(100)107-86-92(98)87-109-114(103,104)110-88-93(99)89-111-115(105,106)112-91-94(113-97(102)85-82-79-76-73-70-67-64-61-58-53-36-33-30-27-24-21-18-15-12-9-6-3)90-108-96(101)84-81-78-75-72-69-66-63-60-57-55-52-50-48-46-44-42-40-38-35-32-29-26-23-20-17-14-11-8-5-2/h7,10,16-21,25-30,34-38,41-44,47,49,53,61,64,92-94,98-99H,4-6,8-9,11-15,22-24,31-33,39-40,45-46,48,50-52,54-60,62-63,65-91H2,1-3H3,(H,103,104)(H,105,106)/b10-7-,19-16-,20-17-,21-18-,28-25-,29-26-,30-27-,37-34-,38-35-,43-41-,44-42-,49-47-,53-36-,64-61-. The molecule has 0 bridgehead atoms. The average molecular weight is 1650 g/mol. The summed E-state index contributed by atoms with van der Waals surface area (Å²) in [5.74, 6) is -1.60. The molecule has 0 aliphatic carbocycles. The van der Waals surface area contributed by atoms with Crippen LogP contribution in [0, 0.1) is 0 Å². The van der Waals surface area contributed by atoms with Crippen LogP contribution in [0.15, 0.2) is 170 Å². The van der Waals surface area contributed by atoms with Crippen molar-refractivity contribution in [3.8, 4) is 0 Å². The second kappa shape index (κ2) is 88.2. The van der Waals surface area contributed by atoms with E-state index in [1.807, 2.05) is 0 Å². The molecule has 5 atom stereocenters. The molecule has 0 spiro atoms. The number of carbonyl (C=O) groups is 3. The van der Waals surface area contributed by atoms with Gasteiger partial charge in [0.05, 0.1) is 26.4 Å². The van der Waals surface area contributed by atoms with E-state index in [9.17, 15) is 43.5 Å². The zero-order valence-corrected chi connectivity index (χ0v) is 74.2. The number of hydrogen-bond donors (Lipinski definition) is 4. The van der Waals surface area contributed by atoms with E-state index in [4.69, 9.17) is 32.3 Å². The van der Waals surface area contributed by atoms with E-state index >= 15 is 0 Å². The van der Waals surface area contributed by atoms with E-state index in [2.05, 4.69) is 191 Å². The number of aliphatic hydroxyl groups excluding tert-OH is 2. The van der Waals surface area contributed by atoms with Gasteiger partial charge in [0.2, 0.25) is 0 Å². The lowest BCUT2D eigenvalue weighted by Crippen LogP contribution is -2.30. The molecule has 4 N–H and O–H groups in total. The number of unbranched alkanes of at least 4 members (excludes halogenated alkanes) is 34. The molecule has 0 radical (unpaired) electrons. The Bertz CT molecular complexity index is 2770. The Balaban J connectivity index is 4.65. The number of phosphoric acid groups is 2. The summed E-state index contributed by atoms with van der Waals surface area (Å²) in [5, 5.41) is 20.7. The predicted molar refractivity (Wildman–Crippen MR) is 482 cm³/mol. The Morgan fingerprint density at radius 3 is 0.730 bits per heavy atom. The largest absolute Gasteiger partial charge is 0.472 e. The van der Waals surface area contributed by atoms with Crippen molar-refractivity contribution in [2.45, 2.75) is 386 Å². The molecule has 16 nitrogen and oxygen atoms in total. The molecule has 0 saturated heterocycles. The van der Waals surface area contributed by atoms with Gasteiger partial charge in [-0.3, -0.25) is 32.5 Å². The molecule has 0 aliphatic heterocycles. The SMILES string of the molecule is CC/C=C\C/C=C\C/C=C\C/C=C\C/C=C\C/C=C\CCCCCCCCCCCCC(=O)OCC(O)COP(=O)(O)OCC(O)COP(=O)(O)OCC(COC(=O)CCCCCCCCCCCCCCC/C=C\C/C=C\C/C=C\C/C=C\CCCCC)OC(=O)CCCCCCC/C=C\C/C=C\C/C=C\C/C=C\CCCCC. The lowest BCUT2D eigenvalue weighted by Gasteiger charge is -2.21. The highest BCUT2D eigenvalue weighted by Gasteiger charge is 2.29. The molecule has 658 valence electrons. The highest BCUT2D eigenvalue weighted by Crippen LogP contribution is 2.45. The van der Waals surface area contributed by atoms with Crippen LogP contribution < -0.4 is 0 Å². The summed E-state index contributed by atoms with van der Waals surface area (Å²) in [6.07, 6.45) is 114. The van der Waals surface area contributed by atoms with Gasteiger partial charge in [0.1, 0.15) is 25.4 Å². The quantitative estimate of drug-likeness (QED) is 0.0146. The van der Waals surface area contributed by atoms with Crippen LogP contribution in [0.3, 0.4) is 0 Å². The fraction of sp³-hybridized carbons (Fsp3) is 0.680. The molecule has 0 aromatic carbocycles. The Hall–Kier alpha value is -5.09. The van der Waals surface area contributed by atoms with Crippen LogP contribution in [0.1, 0.15) is 367 Å². The maximum Gasteiger partial charge on any atom is 0.472 e. The number of hydrogen-bond acceptors (Lipinski definition) is 14. The van der Waals surface area contributed by atoms with Crippen molar-refractivity contribution in [3.63, 3.8) is 0 Å². The molecule has 0 heterocycles. The van der Waals surface area contributed by atoms with E-state index in [0.717, 1.165) is 180 Å². The summed E-state index contributed by atoms with van der Waals surface area (Å²) in [6, 6.07) is 0. The van der Waals surface area contributed by atoms with Crippen molar-refractivity contribution in [2.75, 3.05) is 39.6 Å². The van der Waals surface area contributed by atoms with Crippen LogP contribution in [0.4, 0.5) is 0 Å². The third-order valence-electron chi connectivity index (χ3n) is 18.9. The minimum atomic E-state index is -4.95. The number of carbonyl (C=O) groups excluding carboxylic acids is 3. The van der Waals surface area contributed by atoms with E-state index in [-0.39, 0.29) is 19.3 Å². The van der Waals surface area contributed by atoms with Gasteiger partial charge < -0.3 is 34.2 Å². The van der Waals surface area contributed by atoms with Crippen LogP contribution >= 0.6 is 15.6 Å². The number of phosphoric ester groups is 2. The molecule has 0 aromatic heterocycles. The second-order valence-corrected chi connectivity index (χ2v) is 32.9. The minimum Gasteiger partial charge on any atom is -0.463 e. The topological polar surface area (TPSA) is 231 Å². The van der Waals surface area contributed by atoms with Gasteiger partial charge in [0.25, 0.3) is 0 Å². The number of ether oxygens (including phenoxy) is 3. The smallest absolute Gasteiger partial charge is 0.463 e. The maximum atomic E-state index is 13.1. The predicted octanol–water partition coefficient (Wildman–Crippen LogP) is 27.9. The summed E-state index contributed by atoms with van der Waals surface area (Å²) >= 11 is 0. The van der Waals surface area contributed by atoms with Crippen LogP contribution in [0.25, 0.3) is 0 Å². The van der Waals surface area contributed by atoms with Gasteiger partial charge in [-0.25, -0.2) is 9.13 Å². The molecule has 5 unspecified atom stereocenters. The summed E-state index contributed by atoms with van der Waals surface area (Å²) in [5.41, 5.74) is 0. The van der Waals surface area contributed by atoms with Crippen LogP contribution in [-0.2, 0) is 55.8 Å². The van der Waals surface area contributed by atoms with E-state index in [1.165, 1.54) is 128 Å². The third kappa shape index (κ3) is 89.5. The highest BCUT2D eigenvalue weighted by atomic mass is 31.2. The number of esters is 3. The molecular weight excluding hydrogens is 1480 g/mol. The van der Waals surface area contributed by atoms with Crippen LogP contribution in [0.2, 0.25) is 0 Å². The van der Waals surface area contributed by atoms with E-state index in [0.29, 0.717) is 19.3 Å². The molecule has 0 saturated carbocycles. The number of aliphatic hydroxyl groups is 2. The lowest BCUT2D eigenvalue weighted by molar-refractivity contribution is -0.161. The van der Waals surface area contributed by atoms with E-state index in [1.54, 1.807) is 0 Å². The molecule has 0 rings (SSSR count). The van der Waals surface area contributed by atoms with Crippen molar-refractivity contribution in [1.82, 2.24) is 0 Å². The Morgan fingerprint density at radius 2 is 0.461 bits per heavy atom. The zero-order valence-electron chi connectivity index (χ0n) is 72.4. The van der Waals surface area contributed by atoms with E-state index < -0.39 is 91.5 Å². The lowest BCUT2D eigenvalue weighted by atomic mass is 10.0. The van der Waals surface area contributed by atoms with Crippen molar-refractivity contribution >= 4 is 33.6 Å². The molecule has 18 heteroatoms. The molecular formula is C97H164O16P2. The first-order valence-corrected chi connectivity index (χ1v) is 48.4. The first-order chi connectivity index (χ1) is 56.2. The van der Waals surface area contributed by atoms with Crippen LogP contribution in [-0.4, -0.2) is 95.9 Å². The summed E-state index contributed by atoms with van der Waals surface area (Å²) in [6.45, 7) is 2.52. The van der Waals surface area contributed by atoms with Crippen molar-refractivity contribution < 1.29 is 75.8 Å². The average Bonchev–Trinajstić information content (AvgIpc) is 0.901. The van der Waals surface area contributed by atoms with Gasteiger partial charge in [-0.15, -0.1) is 0 Å². The van der Waals surface area contributed by atoms with Gasteiger partial charge in [0, 0.05) is 19.3 Å². The van der Waals surface area contributed by atoms with Gasteiger partial charge in [-0.2, -0.15) is 0 Å². The summed E-state index contributed by atoms with van der Waals surface area (Å²) < 4.78 is 61.4. The number of rotatable bonds is 85. The maximum absolute atomic E-state index is 13.1. The second-order valence-electron chi connectivity index (χ2n) is 30.0. The molecule has 115 heavy (non-hydrogen) atoms. The molecule has 0 aromatic rings. The van der Waals surface area contributed by atoms with Gasteiger partial charge >= 0.3 is 33.6 Å². The number of allylic oxidation sites excluding steroid dienone is 28. The molecule has 0 fully saturated rings. The van der Waals surface area contributed by atoms with Gasteiger partial charge in [-0.1, -0.05) is 358 Å². The summed E-state index contributed by atoms with van der Waals surface area (Å²) in [7, 11) is -9.82. The monoisotopic (exact) mass is 1650 g/mol. The highest BCUT2D eigenvalue weighted by molar-refractivity contribution is 7.47.